The molecule has 0 aliphatic heterocycles. The molecule has 0 aliphatic rings. The molecule has 39 heavy (non-hydrogen) atoms. The standard InChI is InChI=1S/C34H42N4S/c1-3-32(34-22-30(11-15-37)20-31(23-34)12-16-38)24-39-25(2)33-6-4-5-26(21-33)7-8-27-17-28(9-13-35)19-29(18-27)10-14-36/h4-6,17-24H,2-3,9-16,35-38H2,1H3. The molecule has 0 aliphatic carbocycles. The van der Waals surface area contributed by atoms with E-state index in [2.05, 4.69) is 79.3 Å². The quantitative estimate of drug-likeness (QED) is 0.223. The summed E-state index contributed by atoms with van der Waals surface area (Å²) in [5.41, 5.74) is 33.7. The van der Waals surface area contributed by atoms with Crippen molar-refractivity contribution in [3.8, 4) is 11.8 Å². The minimum atomic E-state index is 0.614. The molecule has 0 saturated carbocycles. The minimum Gasteiger partial charge on any atom is -0.330 e. The average molecular weight is 539 g/mol. The number of thioether (sulfide) groups is 1. The second kappa shape index (κ2) is 16.1. The van der Waals surface area contributed by atoms with Gasteiger partial charge in [-0.25, -0.2) is 0 Å². The van der Waals surface area contributed by atoms with Crippen LogP contribution in [0.4, 0.5) is 0 Å². The van der Waals surface area contributed by atoms with Gasteiger partial charge in [0.15, 0.2) is 0 Å². The molecule has 3 aromatic carbocycles. The molecule has 0 amide bonds. The van der Waals surface area contributed by atoms with Gasteiger partial charge in [-0.1, -0.05) is 73.5 Å². The van der Waals surface area contributed by atoms with Gasteiger partial charge in [0.2, 0.25) is 0 Å². The Morgan fingerprint density at radius 1 is 0.692 bits per heavy atom. The highest BCUT2D eigenvalue weighted by molar-refractivity contribution is 8.11. The van der Waals surface area contributed by atoms with Crippen LogP contribution in [0.5, 0.6) is 0 Å². The fourth-order valence-electron chi connectivity index (χ4n) is 4.51. The lowest BCUT2D eigenvalue weighted by atomic mass is 9.97. The van der Waals surface area contributed by atoms with Crippen molar-refractivity contribution >= 4 is 22.2 Å². The van der Waals surface area contributed by atoms with Crippen molar-refractivity contribution in [2.75, 3.05) is 26.2 Å². The van der Waals surface area contributed by atoms with Gasteiger partial charge in [-0.2, -0.15) is 0 Å². The predicted molar refractivity (Wildman–Crippen MR) is 171 cm³/mol. The van der Waals surface area contributed by atoms with Crippen molar-refractivity contribution in [2.45, 2.75) is 39.0 Å². The lowest BCUT2D eigenvalue weighted by Crippen LogP contribution is -2.06. The molecular weight excluding hydrogens is 496 g/mol. The van der Waals surface area contributed by atoms with Crippen LogP contribution in [0.25, 0.3) is 10.5 Å². The first-order valence-electron chi connectivity index (χ1n) is 13.7. The Kier molecular flexibility index (Phi) is 12.6. The highest BCUT2D eigenvalue weighted by Gasteiger charge is 2.07. The summed E-state index contributed by atoms with van der Waals surface area (Å²) >= 11 is 1.66. The van der Waals surface area contributed by atoms with Crippen molar-refractivity contribution in [1.29, 1.82) is 0 Å². The third-order valence-electron chi connectivity index (χ3n) is 6.47. The normalized spacial score (nSPS) is 11.3. The summed E-state index contributed by atoms with van der Waals surface area (Å²) in [4.78, 5) is 0.986. The number of allylic oxidation sites excluding steroid dienone is 1. The molecule has 8 N–H and O–H groups in total. The highest BCUT2D eigenvalue weighted by Crippen LogP contribution is 2.32. The fraction of sp³-hybridized carbons (Fsp3) is 0.294. The zero-order chi connectivity index (χ0) is 28.0. The number of nitrogens with two attached hydrogens (primary N) is 4. The number of hydrogen-bond donors (Lipinski definition) is 4. The Balaban J connectivity index is 1.80. The largest absolute Gasteiger partial charge is 0.330 e. The van der Waals surface area contributed by atoms with Gasteiger partial charge in [0.05, 0.1) is 0 Å². The van der Waals surface area contributed by atoms with E-state index in [0.717, 1.165) is 53.7 Å². The van der Waals surface area contributed by atoms with Crippen LogP contribution in [0.2, 0.25) is 0 Å². The minimum absolute atomic E-state index is 0.614. The predicted octanol–water partition coefficient (Wildman–Crippen LogP) is 5.25. The van der Waals surface area contributed by atoms with E-state index < -0.39 is 0 Å². The van der Waals surface area contributed by atoms with Crippen LogP contribution in [0, 0.1) is 11.8 Å². The molecule has 0 radical (unpaired) electrons. The van der Waals surface area contributed by atoms with Crippen LogP contribution in [-0.2, 0) is 25.7 Å². The van der Waals surface area contributed by atoms with Crippen molar-refractivity contribution < 1.29 is 0 Å². The molecule has 0 saturated heterocycles. The molecule has 4 nitrogen and oxygen atoms in total. The van der Waals surface area contributed by atoms with Gasteiger partial charge < -0.3 is 22.9 Å². The zero-order valence-corrected chi connectivity index (χ0v) is 24.0. The maximum absolute atomic E-state index is 5.84. The topological polar surface area (TPSA) is 104 Å². The van der Waals surface area contributed by atoms with E-state index in [9.17, 15) is 0 Å². The van der Waals surface area contributed by atoms with Crippen LogP contribution in [-0.4, -0.2) is 26.2 Å². The smallest absolute Gasteiger partial charge is 0.0255 e. The first-order valence-corrected chi connectivity index (χ1v) is 14.6. The van der Waals surface area contributed by atoms with E-state index in [-0.39, 0.29) is 0 Å². The first kappa shape index (κ1) is 30.4. The third kappa shape index (κ3) is 9.54. The lowest BCUT2D eigenvalue weighted by Gasteiger charge is -2.12. The summed E-state index contributed by atoms with van der Waals surface area (Å²) in [5.74, 6) is 6.67. The molecule has 0 bridgehead atoms. The van der Waals surface area contributed by atoms with Gasteiger partial charge in [0.1, 0.15) is 0 Å². The van der Waals surface area contributed by atoms with Crippen LogP contribution < -0.4 is 22.9 Å². The second-order valence-electron chi connectivity index (χ2n) is 9.60. The average Bonchev–Trinajstić information content (AvgIpc) is 2.93. The van der Waals surface area contributed by atoms with Gasteiger partial charge in [-0.3, -0.25) is 0 Å². The fourth-order valence-corrected chi connectivity index (χ4v) is 5.36. The Labute approximate surface area is 238 Å². The molecule has 0 aromatic heterocycles. The zero-order valence-electron chi connectivity index (χ0n) is 23.1. The molecular formula is C34H42N4S. The highest BCUT2D eigenvalue weighted by atomic mass is 32.2. The maximum Gasteiger partial charge on any atom is 0.0255 e. The monoisotopic (exact) mass is 538 g/mol. The van der Waals surface area contributed by atoms with Crippen molar-refractivity contribution in [3.63, 3.8) is 0 Å². The van der Waals surface area contributed by atoms with E-state index in [4.69, 9.17) is 22.9 Å². The van der Waals surface area contributed by atoms with E-state index in [0.29, 0.717) is 26.2 Å². The second-order valence-corrected chi connectivity index (χ2v) is 10.6. The molecule has 0 atom stereocenters. The van der Waals surface area contributed by atoms with E-state index in [1.165, 1.54) is 33.4 Å². The van der Waals surface area contributed by atoms with Gasteiger partial charge in [0, 0.05) is 16.0 Å². The van der Waals surface area contributed by atoms with E-state index in [1.54, 1.807) is 11.8 Å². The van der Waals surface area contributed by atoms with Crippen LogP contribution in [0.3, 0.4) is 0 Å². The summed E-state index contributed by atoms with van der Waals surface area (Å²) < 4.78 is 0. The summed E-state index contributed by atoms with van der Waals surface area (Å²) in [6.07, 6.45) is 4.32. The van der Waals surface area contributed by atoms with Gasteiger partial charge in [0.25, 0.3) is 0 Å². The van der Waals surface area contributed by atoms with Crippen molar-refractivity contribution in [3.05, 3.63) is 117 Å². The van der Waals surface area contributed by atoms with Crippen LogP contribution >= 0.6 is 11.8 Å². The van der Waals surface area contributed by atoms with Gasteiger partial charge in [-0.05, 0) is 127 Å². The summed E-state index contributed by atoms with van der Waals surface area (Å²) in [5, 5.41) is 2.22. The SMILES string of the molecule is C=C(SC=C(CC)c1cc(CCN)cc(CCN)c1)c1cccc(C#Cc2cc(CCN)cc(CCN)c2)c1. The number of rotatable bonds is 13. The number of benzene rings is 3. The third-order valence-corrected chi connectivity index (χ3v) is 7.39. The van der Waals surface area contributed by atoms with E-state index in [1.807, 2.05) is 12.1 Å². The Morgan fingerprint density at radius 3 is 1.72 bits per heavy atom. The molecule has 3 aromatic rings. The molecule has 0 heterocycles. The summed E-state index contributed by atoms with van der Waals surface area (Å²) in [6.45, 7) is 9.04. The Bertz CT molecular complexity index is 1300. The molecule has 3 rings (SSSR count). The molecule has 5 heteroatoms. The Hall–Kier alpha value is -3.11. The Morgan fingerprint density at radius 2 is 1.21 bits per heavy atom. The van der Waals surface area contributed by atoms with Gasteiger partial charge >= 0.3 is 0 Å². The molecule has 0 unspecified atom stereocenters. The molecule has 0 spiro atoms. The summed E-state index contributed by atoms with van der Waals surface area (Å²) in [7, 11) is 0. The molecule has 0 fully saturated rings. The van der Waals surface area contributed by atoms with Crippen molar-refractivity contribution in [1.82, 2.24) is 0 Å². The van der Waals surface area contributed by atoms with Crippen LogP contribution in [0.1, 0.15) is 57.9 Å². The van der Waals surface area contributed by atoms with Crippen LogP contribution in [0.15, 0.2) is 72.7 Å². The van der Waals surface area contributed by atoms with Gasteiger partial charge in [-0.15, -0.1) is 0 Å². The van der Waals surface area contributed by atoms with Crippen molar-refractivity contribution in [2.24, 2.45) is 22.9 Å². The summed E-state index contributed by atoms with van der Waals surface area (Å²) in [6, 6.07) is 21.4. The number of hydrogen-bond acceptors (Lipinski definition) is 5. The molecule has 204 valence electrons. The maximum atomic E-state index is 5.84. The lowest BCUT2D eigenvalue weighted by molar-refractivity contribution is 0.938. The van der Waals surface area contributed by atoms with E-state index >= 15 is 0 Å². The first-order chi connectivity index (χ1) is 19.0.